The van der Waals surface area contributed by atoms with E-state index in [1.807, 2.05) is 0 Å². The summed E-state index contributed by atoms with van der Waals surface area (Å²) in [5.74, 6) is 0.835. The Labute approximate surface area is 101 Å². The van der Waals surface area contributed by atoms with E-state index in [9.17, 15) is 0 Å². The number of hydrogen-bond donors (Lipinski definition) is 1. The smallest absolute Gasteiger partial charge is 0.0620 e. The summed E-state index contributed by atoms with van der Waals surface area (Å²) in [5, 5.41) is 3.50. The standard InChI is InChI=1S/C13H28N2O/c1-12(2)5-4-8-15(3)9-6-13-11-16-10-7-14-13/h12-14H,4-11H2,1-3H3. The number of morpholine rings is 1. The number of rotatable bonds is 7. The highest BCUT2D eigenvalue weighted by molar-refractivity contribution is 4.71. The Hall–Kier alpha value is -0.120. The van der Waals surface area contributed by atoms with Gasteiger partial charge in [-0.15, -0.1) is 0 Å². The van der Waals surface area contributed by atoms with Gasteiger partial charge in [-0.05, 0) is 45.3 Å². The van der Waals surface area contributed by atoms with Crippen LogP contribution in [0, 0.1) is 5.92 Å². The van der Waals surface area contributed by atoms with Gasteiger partial charge in [0.05, 0.1) is 13.2 Å². The first-order valence-corrected chi connectivity index (χ1v) is 6.68. The molecule has 1 heterocycles. The first-order valence-electron chi connectivity index (χ1n) is 6.68. The molecule has 0 aliphatic carbocycles. The normalized spacial score (nSPS) is 21.9. The second-order valence-electron chi connectivity index (χ2n) is 5.35. The molecule has 0 saturated carbocycles. The predicted molar refractivity (Wildman–Crippen MR) is 68.8 cm³/mol. The Morgan fingerprint density at radius 3 is 2.81 bits per heavy atom. The maximum absolute atomic E-state index is 5.45. The molecule has 96 valence electrons. The number of nitrogens with one attached hydrogen (secondary N) is 1. The zero-order valence-corrected chi connectivity index (χ0v) is 11.2. The molecule has 1 fully saturated rings. The molecular formula is C13H28N2O. The van der Waals surface area contributed by atoms with Crippen molar-refractivity contribution in [3.63, 3.8) is 0 Å². The number of ether oxygens (including phenoxy) is 1. The Balaban J connectivity index is 1.98. The van der Waals surface area contributed by atoms with Crippen LogP contribution in [0.4, 0.5) is 0 Å². The van der Waals surface area contributed by atoms with Crippen molar-refractivity contribution < 1.29 is 4.74 Å². The summed E-state index contributed by atoms with van der Waals surface area (Å²) in [6, 6.07) is 0.571. The zero-order chi connectivity index (χ0) is 11.8. The van der Waals surface area contributed by atoms with E-state index in [2.05, 4.69) is 31.1 Å². The SMILES string of the molecule is CC(C)CCCN(C)CCC1COCCN1. The third-order valence-corrected chi connectivity index (χ3v) is 3.18. The highest BCUT2D eigenvalue weighted by atomic mass is 16.5. The van der Waals surface area contributed by atoms with Gasteiger partial charge in [0.25, 0.3) is 0 Å². The van der Waals surface area contributed by atoms with Gasteiger partial charge in [-0.25, -0.2) is 0 Å². The molecule has 3 nitrogen and oxygen atoms in total. The van der Waals surface area contributed by atoms with Crippen LogP contribution in [0.25, 0.3) is 0 Å². The molecule has 1 N–H and O–H groups in total. The Morgan fingerprint density at radius 1 is 1.38 bits per heavy atom. The Morgan fingerprint density at radius 2 is 2.19 bits per heavy atom. The fourth-order valence-electron chi connectivity index (χ4n) is 2.06. The molecule has 3 heteroatoms. The lowest BCUT2D eigenvalue weighted by atomic mass is 10.1. The van der Waals surface area contributed by atoms with Gasteiger partial charge in [0, 0.05) is 12.6 Å². The van der Waals surface area contributed by atoms with Gasteiger partial charge >= 0.3 is 0 Å². The molecule has 0 aromatic carbocycles. The molecular weight excluding hydrogens is 200 g/mol. The molecule has 1 rings (SSSR count). The third kappa shape index (κ3) is 6.46. The topological polar surface area (TPSA) is 24.5 Å². The van der Waals surface area contributed by atoms with E-state index in [0.29, 0.717) is 6.04 Å². The van der Waals surface area contributed by atoms with Gasteiger partial charge in [-0.2, -0.15) is 0 Å². The molecule has 1 unspecified atom stereocenters. The van der Waals surface area contributed by atoms with Crippen molar-refractivity contribution in [1.82, 2.24) is 10.2 Å². The second kappa shape index (κ2) is 8.04. The molecule has 16 heavy (non-hydrogen) atoms. The van der Waals surface area contributed by atoms with Crippen LogP contribution in [0.15, 0.2) is 0 Å². The molecule has 0 aromatic heterocycles. The van der Waals surface area contributed by atoms with Gasteiger partial charge in [-0.3, -0.25) is 0 Å². The summed E-state index contributed by atoms with van der Waals surface area (Å²) in [6.07, 6.45) is 3.87. The van der Waals surface area contributed by atoms with E-state index in [1.165, 1.54) is 32.4 Å². The van der Waals surface area contributed by atoms with Crippen LogP contribution in [0.1, 0.15) is 33.1 Å². The van der Waals surface area contributed by atoms with Gasteiger partial charge < -0.3 is 15.0 Å². The quantitative estimate of drug-likeness (QED) is 0.718. The van der Waals surface area contributed by atoms with Crippen molar-refractivity contribution in [1.29, 1.82) is 0 Å². The molecule has 0 bridgehead atoms. The van der Waals surface area contributed by atoms with Crippen molar-refractivity contribution >= 4 is 0 Å². The van der Waals surface area contributed by atoms with E-state index >= 15 is 0 Å². The van der Waals surface area contributed by atoms with Gasteiger partial charge in [0.1, 0.15) is 0 Å². The molecule has 0 amide bonds. The monoisotopic (exact) mass is 228 g/mol. The van der Waals surface area contributed by atoms with E-state index < -0.39 is 0 Å². The molecule has 0 radical (unpaired) electrons. The van der Waals surface area contributed by atoms with Crippen LogP contribution in [0.5, 0.6) is 0 Å². The number of hydrogen-bond acceptors (Lipinski definition) is 3. The summed E-state index contributed by atoms with van der Waals surface area (Å²) in [4.78, 5) is 2.44. The lowest BCUT2D eigenvalue weighted by Gasteiger charge is -2.26. The van der Waals surface area contributed by atoms with Crippen LogP contribution in [-0.4, -0.2) is 50.8 Å². The first kappa shape index (κ1) is 13.9. The van der Waals surface area contributed by atoms with Crippen molar-refractivity contribution in [2.24, 2.45) is 5.92 Å². The van der Waals surface area contributed by atoms with E-state index in [-0.39, 0.29) is 0 Å². The average Bonchev–Trinajstić information content (AvgIpc) is 2.27. The second-order valence-corrected chi connectivity index (χ2v) is 5.35. The maximum atomic E-state index is 5.45. The fourth-order valence-corrected chi connectivity index (χ4v) is 2.06. The number of nitrogens with zero attached hydrogens (tertiary/aromatic N) is 1. The third-order valence-electron chi connectivity index (χ3n) is 3.18. The van der Waals surface area contributed by atoms with Crippen LogP contribution >= 0.6 is 0 Å². The minimum absolute atomic E-state index is 0.571. The molecule has 1 atom stereocenters. The van der Waals surface area contributed by atoms with Crippen LogP contribution in [0.3, 0.4) is 0 Å². The van der Waals surface area contributed by atoms with Crippen LogP contribution in [-0.2, 0) is 4.74 Å². The lowest BCUT2D eigenvalue weighted by molar-refractivity contribution is 0.0709. The molecule has 1 aliphatic heterocycles. The van der Waals surface area contributed by atoms with Crippen molar-refractivity contribution in [3.05, 3.63) is 0 Å². The minimum atomic E-state index is 0.571. The van der Waals surface area contributed by atoms with E-state index in [0.717, 1.165) is 25.7 Å². The van der Waals surface area contributed by atoms with Crippen LogP contribution < -0.4 is 5.32 Å². The van der Waals surface area contributed by atoms with Crippen molar-refractivity contribution in [2.45, 2.75) is 39.2 Å². The fraction of sp³-hybridized carbons (Fsp3) is 1.00. The van der Waals surface area contributed by atoms with Gasteiger partial charge in [0.15, 0.2) is 0 Å². The van der Waals surface area contributed by atoms with Crippen LogP contribution in [0.2, 0.25) is 0 Å². The average molecular weight is 228 g/mol. The van der Waals surface area contributed by atoms with Crippen molar-refractivity contribution in [2.75, 3.05) is 39.9 Å². The molecule has 0 spiro atoms. The Kier molecular flexibility index (Phi) is 7.01. The highest BCUT2D eigenvalue weighted by Crippen LogP contribution is 2.05. The predicted octanol–water partition coefficient (Wildman–Crippen LogP) is 1.73. The highest BCUT2D eigenvalue weighted by Gasteiger charge is 2.13. The maximum Gasteiger partial charge on any atom is 0.0620 e. The molecule has 0 aromatic rings. The minimum Gasteiger partial charge on any atom is -0.379 e. The largest absolute Gasteiger partial charge is 0.379 e. The lowest BCUT2D eigenvalue weighted by Crippen LogP contribution is -2.43. The van der Waals surface area contributed by atoms with Crippen molar-refractivity contribution in [3.8, 4) is 0 Å². The Bertz CT molecular complexity index is 167. The van der Waals surface area contributed by atoms with Gasteiger partial charge in [0.2, 0.25) is 0 Å². The summed E-state index contributed by atoms with van der Waals surface area (Å²) in [6.45, 7) is 9.78. The van der Waals surface area contributed by atoms with Gasteiger partial charge in [-0.1, -0.05) is 13.8 Å². The zero-order valence-electron chi connectivity index (χ0n) is 11.2. The van der Waals surface area contributed by atoms with E-state index in [1.54, 1.807) is 0 Å². The van der Waals surface area contributed by atoms with E-state index in [4.69, 9.17) is 4.74 Å². The molecule has 1 saturated heterocycles. The molecule has 1 aliphatic rings. The first-order chi connectivity index (χ1) is 7.68. The summed E-state index contributed by atoms with van der Waals surface area (Å²) in [7, 11) is 2.23. The summed E-state index contributed by atoms with van der Waals surface area (Å²) >= 11 is 0. The summed E-state index contributed by atoms with van der Waals surface area (Å²) < 4.78 is 5.45. The summed E-state index contributed by atoms with van der Waals surface area (Å²) in [5.41, 5.74) is 0.